The number of nitrogens with zero attached hydrogens (tertiary/aromatic N) is 1. The van der Waals surface area contributed by atoms with Gasteiger partial charge in [0.2, 0.25) is 11.8 Å². The molecule has 0 aromatic heterocycles. The van der Waals surface area contributed by atoms with Crippen molar-refractivity contribution >= 4 is 11.8 Å². The number of primary amides is 1. The van der Waals surface area contributed by atoms with Gasteiger partial charge in [-0.15, -0.1) is 0 Å². The smallest absolute Gasteiger partial charge is 0.240 e. The van der Waals surface area contributed by atoms with E-state index in [4.69, 9.17) is 11.5 Å². The zero-order chi connectivity index (χ0) is 14.9. The molecule has 0 aromatic carbocycles. The number of hydrogen-bond acceptors (Lipinski definition) is 4. The number of hydrogen-bond donors (Lipinski definition) is 3. The number of likely N-dealkylation sites (tertiary alicyclic amines) is 1. The normalized spacial score (nSPS) is 38.0. The van der Waals surface area contributed by atoms with Crippen LogP contribution in [0.2, 0.25) is 0 Å². The Morgan fingerprint density at radius 3 is 2.45 bits per heavy atom. The third kappa shape index (κ3) is 2.67. The maximum absolute atomic E-state index is 12.8. The molecule has 2 amide bonds. The summed E-state index contributed by atoms with van der Waals surface area (Å²) >= 11 is 0. The summed E-state index contributed by atoms with van der Waals surface area (Å²) in [5, 5.41) is 9.73. The average Bonchev–Trinajstić information content (AvgIpc) is 2.81. The van der Waals surface area contributed by atoms with Crippen molar-refractivity contribution in [2.24, 2.45) is 22.8 Å². The molecule has 20 heavy (non-hydrogen) atoms. The highest BCUT2D eigenvalue weighted by molar-refractivity contribution is 5.90. The molecule has 6 heteroatoms. The molecule has 5 N–H and O–H groups in total. The van der Waals surface area contributed by atoms with Gasteiger partial charge in [-0.3, -0.25) is 9.59 Å². The molecule has 1 aliphatic carbocycles. The molecule has 1 heterocycles. The number of rotatable bonds is 3. The minimum Gasteiger partial charge on any atom is -0.391 e. The van der Waals surface area contributed by atoms with Crippen LogP contribution in [0.4, 0.5) is 0 Å². The molecule has 2 aliphatic rings. The van der Waals surface area contributed by atoms with Gasteiger partial charge >= 0.3 is 0 Å². The predicted molar refractivity (Wildman–Crippen MR) is 74.4 cm³/mol. The zero-order valence-corrected chi connectivity index (χ0v) is 12.0. The number of aliphatic hydroxyl groups excluding tert-OH is 1. The van der Waals surface area contributed by atoms with Crippen molar-refractivity contribution in [3.63, 3.8) is 0 Å². The summed E-state index contributed by atoms with van der Waals surface area (Å²) in [5.41, 5.74) is 10.7. The van der Waals surface area contributed by atoms with Crippen LogP contribution in [0.15, 0.2) is 0 Å². The van der Waals surface area contributed by atoms with E-state index in [1.165, 1.54) is 4.90 Å². The zero-order valence-electron chi connectivity index (χ0n) is 12.0. The minimum atomic E-state index is -0.694. The Balaban J connectivity index is 2.18. The van der Waals surface area contributed by atoms with Gasteiger partial charge in [-0.25, -0.2) is 0 Å². The van der Waals surface area contributed by atoms with Gasteiger partial charge in [0.15, 0.2) is 0 Å². The van der Waals surface area contributed by atoms with Crippen LogP contribution >= 0.6 is 0 Å². The van der Waals surface area contributed by atoms with E-state index in [-0.39, 0.29) is 25.4 Å². The Morgan fingerprint density at radius 1 is 1.35 bits per heavy atom. The first-order valence-electron chi connectivity index (χ1n) is 7.38. The molecule has 0 spiro atoms. The second-order valence-electron chi connectivity index (χ2n) is 6.43. The summed E-state index contributed by atoms with van der Waals surface area (Å²) in [7, 11) is 0. The van der Waals surface area contributed by atoms with Crippen molar-refractivity contribution < 1.29 is 14.7 Å². The van der Waals surface area contributed by atoms with E-state index in [1.54, 1.807) is 0 Å². The fourth-order valence-electron chi connectivity index (χ4n) is 3.43. The molecule has 2 unspecified atom stereocenters. The fraction of sp³-hybridized carbons (Fsp3) is 0.857. The van der Waals surface area contributed by atoms with Crippen LogP contribution in [0, 0.1) is 11.3 Å². The van der Waals surface area contributed by atoms with Gasteiger partial charge in [0.05, 0.1) is 11.5 Å². The molecule has 2 rings (SSSR count). The van der Waals surface area contributed by atoms with E-state index < -0.39 is 23.5 Å². The molecule has 1 saturated heterocycles. The molecule has 0 radical (unpaired) electrons. The lowest BCUT2D eigenvalue weighted by Crippen LogP contribution is -2.53. The number of β-amino-alcohol motifs (C(OH)–C–C–N with tert-alkyl or cyclic N) is 1. The van der Waals surface area contributed by atoms with Gasteiger partial charge < -0.3 is 21.5 Å². The maximum atomic E-state index is 12.8. The largest absolute Gasteiger partial charge is 0.391 e. The maximum Gasteiger partial charge on any atom is 0.240 e. The lowest BCUT2D eigenvalue weighted by Gasteiger charge is -2.40. The number of carbonyl (C=O) groups excluding carboxylic acids is 2. The highest BCUT2D eigenvalue weighted by atomic mass is 16.3. The average molecular weight is 283 g/mol. The highest BCUT2D eigenvalue weighted by Gasteiger charge is 2.47. The Kier molecular flexibility index (Phi) is 4.34. The summed E-state index contributed by atoms with van der Waals surface area (Å²) in [4.78, 5) is 25.8. The van der Waals surface area contributed by atoms with Crippen molar-refractivity contribution in [2.75, 3.05) is 13.1 Å². The molecule has 2 atom stereocenters. The molecular formula is C14H25N3O3. The van der Waals surface area contributed by atoms with E-state index in [0.29, 0.717) is 5.92 Å². The van der Waals surface area contributed by atoms with Crippen molar-refractivity contribution in [3.05, 3.63) is 0 Å². The molecule has 114 valence electrons. The first kappa shape index (κ1) is 15.3. The summed E-state index contributed by atoms with van der Waals surface area (Å²) < 4.78 is 0. The lowest BCUT2D eigenvalue weighted by atomic mass is 9.70. The van der Waals surface area contributed by atoms with Crippen LogP contribution < -0.4 is 11.5 Å². The molecule has 1 saturated carbocycles. The lowest BCUT2D eigenvalue weighted by molar-refractivity contribution is -0.148. The molecule has 0 aromatic rings. The third-order valence-corrected chi connectivity index (χ3v) is 4.94. The standard InChI is InChI=1S/C14H25N3O3/c1-9-2-4-14(8-15,5-3-9)13(20)17-7-10(18)6-11(17)12(16)19/h9-11,18H,2-8,15H2,1H3,(H2,16,19). The van der Waals surface area contributed by atoms with Crippen LogP contribution in [0.25, 0.3) is 0 Å². The van der Waals surface area contributed by atoms with E-state index in [1.807, 2.05) is 0 Å². The molecule has 0 bridgehead atoms. The Labute approximate surface area is 119 Å². The fourth-order valence-corrected chi connectivity index (χ4v) is 3.43. The molecule has 2 fully saturated rings. The summed E-state index contributed by atoms with van der Waals surface area (Å²) in [5.74, 6) is -0.0444. The monoisotopic (exact) mass is 283 g/mol. The van der Waals surface area contributed by atoms with Crippen molar-refractivity contribution in [1.29, 1.82) is 0 Å². The quantitative estimate of drug-likeness (QED) is 0.654. The van der Waals surface area contributed by atoms with Crippen LogP contribution in [0.1, 0.15) is 39.0 Å². The number of nitrogens with two attached hydrogens (primary N) is 2. The van der Waals surface area contributed by atoms with Crippen LogP contribution in [-0.2, 0) is 9.59 Å². The Bertz CT molecular complexity index is 391. The molecule has 1 aliphatic heterocycles. The summed E-state index contributed by atoms with van der Waals surface area (Å²) in [6.45, 7) is 2.65. The highest BCUT2D eigenvalue weighted by Crippen LogP contribution is 2.40. The second-order valence-corrected chi connectivity index (χ2v) is 6.43. The first-order valence-corrected chi connectivity index (χ1v) is 7.38. The van der Waals surface area contributed by atoms with E-state index in [9.17, 15) is 14.7 Å². The van der Waals surface area contributed by atoms with Gasteiger partial charge in [-0.1, -0.05) is 6.92 Å². The topological polar surface area (TPSA) is 110 Å². The molecular weight excluding hydrogens is 258 g/mol. The first-order chi connectivity index (χ1) is 9.39. The Hall–Kier alpha value is -1.14. The number of carbonyl (C=O) groups is 2. The second kappa shape index (κ2) is 5.69. The minimum absolute atomic E-state index is 0.104. The van der Waals surface area contributed by atoms with E-state index in [2.05, 4.69) is 6.92 Å². The van der Waals surface area contributed by atoms with Crippen LogP contribution in [0.3, 0.4) is 0 Å². The predicted octanol–water partition coefficient (Wildman–Crippen LogP) is -0.411. The summed E-state index contributed by atoms with van der Waals surface area (Å²) in [6.07, 6.45) is 3.01. The SMILES string of the molecule is CC1CCC(CN)(C(=O)N2CC(O)CC2C(N)=O)CC1. The van der Waals surface area contributed by atoms with Crippen molar-refractivity contribution in [2.45, 2.75) is 51.2 Å². The van der Waals surface area contributed by atoms with E-state index >= 15 is 0 Å². The molecule has 6 nitrogen and oxygen atoms in total. The third-order valence-electron chi connectivity index (χ3n) is 4.94. The number of aliphatic hydroxyl groups is 1. The van der Waals surface area contributed by atoms with Crippen LogP contribution in [0.5, 0.6) is 0 Å². The van der Waals surface area contributed by atoms with Gasteiger partial charge in [-0.2, -0.15) is 0 Å². The van der Waals surface area contributed by atoms with Gasteiger partial charge in [-0.05, 0) is 31.6 Å². The summed E-state index contributed by atoms with van der Waals surface area (Å²) in [6, 6.07) is -0.694. The number of amides is 2. The van der Waals surface area contributed by atoms with Gasteiger partial charge in [0.1, 0.15) is 6.04 Å². The van der Waals surface area contributed by atoms with Crippen molar-refractivity contribution in [1.82, 2.24) is 4.90 Å². The van der Waals surface area contributed by atoms with Crippen molar-refractivity contribution in [3.8, 4) is 0 Å². The van der Waals surface area contributed by atoms with Gasteiger partial charge in [0.25, 0.3) is 0 Å². The van der Waals surface area contributed by atoms with Crippen LogP contribution in [-0.4, -0.2) is 47.1 Å². The Morgan fingerprint density at radius 2 is 1.95 bits per heavy atom. The van der Waals surface area contributed by atoms with E-state index in [0.717, 1.165) is 25.7 Å². The van der Waals surface area contributed by atoms with Gasteiger partial charge in [0, 0.05) is 19.5 Å².